The molecule has 1 saturated heterocycles. The van der Waals surface area contributed by atoms with Crippen LogP contribution in [-0.2, 0) is 6.18 Å². The monoisotopic (exact) mass is 496 g/mol. The second-order valence-corrected chi connectivity index (χ2v) is 8.76. The first-order valence-electron chi connectivity index (χ1n) is 11.5. The molecule has 186 valence electrons. The first kappa shape index (κ1) is 23.7. The van der Waals surface area contributed by atoms with Gasteiger partial charge in [-0.25, -0.2) is 14.8 Å². The zero-order valence-electron chi connectivity index (χ0n) is 19.1. The molecule has 3 heterocycles. The minimum Gasteiger partial charge on any atom is -0.492 e. The number of piperidine rings is 1. The van der Waals surface area contributed by atoms with Crippen LogP contribution < -0.4 is 9.64 Å². The zero-order chi connectivity index (χ0) is 25.3. The highest BCUT2D eigenvalue weighted by Gasteiger charge is 2.30. The van der Waals surface area contributed by atoms with E-state index in [-0.39, 0.29) is 5.56 Å². The van der Waals surface area contributed by atoms with E-state index in [0.29, 0.717) is 40.7 Å². The van der Waals surface area contributed by atoms with Crippen molar-refractivity contribution >= 4 is 22.8 Å². The summed E-state index contributed by atoms with van der Waals surface area (Å²) >= 11 is 0. The van der Waals surface area contributed by atoms with E-state index in [1.807, 2.05) is 12.1 Å². The number of ether oxygens (including phenoxy) is 1. The molecule has 0 spiro atoms. The van der Waals surface area contributed by atoms with Gasteiger partial charge in [-0.3, -0.25) is 0 Å². The van der Waals surface area contributed by atoms with Crippen LogP contribution in [0.15, 0.2) is 60.8 Å². The van der Waals surface area contributed by atoms with Gasteiger partial charge in [0.25, 0.3) is 0 Å². The first-order valence-corrected chi connectivity index (χ1v) is 11.5. The summed E-state index contributed by atoms with van der Waals surface area (Å²) in [5, 5.41) is 9.29. The van der Waals surface area contributed by atoms with Crippen LogP contribution in [0, 0.1) is 5.92 Å². The lowest BCUT2D eigenvalue weighted by Crippen LogP contribution is -2.36. The molecule has 0 unspecified atom stereocenters. The average molecular weight is 496 g/mol. The predicted molar refractivity (Wildman–Crippen MR) is 128 cm³/mol. The van der Waals surface area contributed by atoms with Crippen molar-refractivity contribution in [3.05, 3.63) is 71.9 Å². The summed E-state index contributed by atoms with van der Waals surface area (Å²) < 4.78 is 44.7. The highest BCUT2D eigenvalue weighted by Crippen LogP contribution is 2.32. The van der Waals surface area contributed by atoms with Crippen molar-refractivity contribution in [2.45, 2.75) is 19.0 Å². The number of pyridine rings is 1. The van der Waals surface area contributed by atoms with Crippen molar-refractivity contribution in [3.63, 3.8) is 0 Å². The molecule has 0 bridgehead atoms. The SMILES string of the molecule is O=C(O)c1ccccc1OCC1CCN(c2ccc(-c3nc4ccc(C(F)(F)F)cc4[nH]3)cn2)CC1. The molecular formula is C26H23F3N4O3. The van der Waals surface area contributed by atoms with Crippen LogP contribution in [0.3, 0.4) is 0 Å². The average Bonchev–Trinajstić information content (AvgIpc) is 3.31. The minimum absolute atomic E-state index is 0.157. The van der Waals surface area contributed by atoms with Gasteiger partial charge in [0.15, 0.2) is 0 Å². The summed E-state index contributed by atoms with van der Waals surface area (Å²) in [6.07, 6.45) is -0.992. The van der Waals surface area contributed by atoms with Crippen LogP contribution >= 0.6 is 0 Å². The number of nitrogens with one attached hydrogen (secondary N) is 1. The Hall–Kier alpha value is -4.08. The van der Waals surface area contributed by atoms with Gasteiger partial charge in [-0.05, 0) is 61.2 Å². The zero-order valence-corrected chi connectivity index (χ0v) is 19.1. The number of rotatable bonds is 6. The fraction of sp³-hybridized carbons (Fsp3) is 0.269. The number of nitrogens with zero attached hydrogens (tertiary/aromatic N) is 3. The van der Waals surface area contributed by atoms with Gasteiger partial charge in [0, 0.05) is 24.8 Å². The van der Waals surface area contributed by atoms with Gasteiger partial charge in [0.05, 0.1) is 23.2 Å². The van der Waals surface area contributed by atoms with Crippen molar-refractivity contribution in [2.75, 3.05) is 24.6 Å². The van der Waals surface area contributed by atoms with Crippen molar-refractivity contribution < 1.29 is 27.8 Å². The van der Waals surface area contributed by atoms with E-state index >= 15 is 0 Å². The Kier molecular flexibility index (Phi) is 6.26. The molecule has 1 aliphatic heterocycles. The van der Waals surface area contributed by atoms with E-state index in [0.717, 1.165) is 43.9 Å². The summed E-state index contributed by atoms with van der Waals surface area (Å²) in [5.41, 5.74) is 0.892. The van der Waals surface area contributed by atoms with Crippen molar-refractivity contribution in [1.82, 2.24) is 15.0 Å². The van der Waals surface area contributed by atoms with E-state index in [1.165, 1.54) is 12.1 Å². The molecule has 10 heteroatoms. The summed E-state index contributed by atoms with van der Waals surface area (Å²) in [6, 6.07) is 13.8. The van der Waals surface area contributed by atoms with Crippen LogP contribution in [0.4, 0.5) is 19.0 Å². The Bertz CT molecular complexity index is 1380. The lowest BCUT2D eigenvalue weighted by atomic mass is 9.97. The number of carbonyl (C=O) groups is 1. The van der Waals surface area contributed by atoms with Gasteiger partial charge in [-0.2, -0.15) is 13.2 Å². The number of aromatic amines is 1. The van der Waals surface area contributed by atoms with E-state index in [2.05, 4.69) is 19.9 Å². The molecule has 5 rings (SSSR count). The third-order valence-electron chi connectivity index (χ3n) is 6.36. The molecule has 4 aromatic rings. The quantitative estimate of drug-likeness (QED) is 0.359. The number of hydrogen-bond acceptors (Lipinski definition) is 5. The number of halogens is 3. The topological polar surface area (TPSA) is 91.3 Å². The number of para-hydroxylation sites is 1. The Morgan fingerprint density at radius 1 is 1.11 bits per heavy atom. The molecule has 2 aromatic heterocycles. The highest BCUT2D eigenvalue weighted by atomic mass is 19.4. The summed E-state index contributed by atoms with van der Waals surface area (Å²) in [5.74, 6) is 0.943. The number of carboxylic acids is 1. The molecule has 0 amide bonds. The van der Waals surface area contributed by atoms with Crippen LogP contribution in [0.5, 0.6) is 5.75 Å². The van der Waals surface area contributed by atoms with Gasteiger partial charge >= 0.3 is 12.1 Å². The van der Waals surface area contributed by atoms with Gasteiger partial charge in [0.1, 0.15) is 23.0 Å². The van der Waals surface area contributed by atoms with Crippen LogP contribution in [0.1, 0.15) is 28.8 Å². The van der Waals surface area contributed by atoms with Crippen molar-refractivity contribution in [1.29, 1.82) is 0 Å². The molecule has 36 heavy (non-hydrogen) atoms. The minimum atomic E-state index is -4.41. The first-order chi connectivity index (χ1) is 17.3. The molecule has 1 fully saturated rings. The van der Waals surface area contributed by atoms with E-state index in [4.69, 9.17) is 4.74 Å². The van der Waals surface area contributed by atoms with Gasteiger partial charge < -0.3 is 19.7 Å². The van der Waals surface area contributed by atoms with Crippen LogP contribution in [-0.4, -0.2) is 45.7 Å². The lowest BCUT2D eigenvalue weighted by molar-refractivity contribution is -0.137. The summed E-state index contributed by atoms with van der Waals surface area (Å²) in [6.45, 7) is 2.02. The van der Waals surface area contributed by atoms with E-state index < -0.39 is 17.7 Å². The summed E-state index contributed by atoms with van der Waals surface area (Å²) in [4.78, 5) is 25.4. The highest BCUT2D eigenvalue weighted by molar-refractivity contribution is 5.90. The maximum atomic E-state index is 13.0. The maximum Gasteiger partial charge on any atom is 0.416 e. The molecule has 2 aromatic carbocycles. The second kappa shape index (κ2) is 9.52. The fourth-order valence-corrected chi connectivity index (χ4v) is 4.34. The van der Waals surface area contributed by atoms with Crippen molar-refractivity contribution in [3.8, 4) is 17.1 Å². The number of anilines is 1. The molecule has 0 radical (unpaired) electrons. The molecular weight excluding hydrogens is 473 g/mol. The van der Waals surface area contributed by atoms with Gasteiger partial charge in [-0.1, -0.05) is 12.1 Å². The second-order valence-electron chi connectivity index (χ2n) is 8.76. The number of hydrogen-bond donors (Lipinski definition) is 2. The molecule has 0 aliphatic carbocycles. The molecule has 2 N–H and O–H groups in total. The smallest absolute Gasteiger partial charge is 0.416 e. The number of benzene rings is 2. The molecule has 1 aliphatic rings. The van der Waals surface area contributed by atoms with Crippen LogP contribution in [0.25, 0.3) is 22.4 Å². The standard InChI is InChI=1S/C26H23F3N4O3/c27-26(28,29)18-6-7-20-21(13-18)32-24(31-20)17-5-8-23(30-14-17)33-11-9-16(10-12-33)15-36-22-4-2-1-3-19(22)25(34)35/h1-8,13-14,16H,9-12,15H2,(H,31,32)(H,34,35). The number of imidazole rings is 1. The summed E-state index contributed by atoms with van der Waals surface area (Å²) in [7, 11) is 0. The Morgan fingerprint density at radius 3 is 2.58 bits per heavy atom. The number of carboxylic acid groups (broad SMARTS) is 1. The third-order valence-corrected chi connectivity index (χ3v) is 6.36. The Balaban J connectivity index is 1.20. The molecule has 7 nitrogen and oxygen atoms in total. The van der Waals surface area contributed by atoms with E-state index in [9.17, 15) is 23.1 Å². The lowest BCUT2D eigenvalue weighted by Gasteiger charge is -2.32. The number of aromatic carboxylic acids is 1. The predicted octanol–water partition coefficient (Wildman–Crippen LogP) is 5.64. The maximum absolute atomic E-state index is 13.0. The third kappa shape index (κ3) is 4.98. The normalized spacial score (nSPS) is 14.8. The van der Waals surface area contributed by atoms with Crippen molar-refractivity contribution in [2.24, 2.45) is 5.92 Å². The Morgan fingerprint density at radius 2 is 1.89 bits per heavy atom. The number of alkyl halides is 3. The fourth-order valence-electron chi connectivity index (χ4n) is 4.34. The Labute approximate surface area is 204 Å². The van der Waals surface area contributed by atoms with Gasteiger partial charge in [-0.15, -0.1) is 0 Å². The number of aromatic nitrogens is 3. The largest absolute Gasteiger partial charge is 0.492 e. The van der Waals surface area contributed by atoms with Crippen LogP contribution in [0.2, 0.25) is 0 Å². The number of fused-ring (bicyclic) bond motifs is 1. The molecule has 0 atom stereocenters. The molecule has 0 saturated carbocycles. The number of H-pyrrole nitrogens is 1. The van der Waals surface area contributed by atoms with E-state index in [1.54, 1.807) is 24.4 Å². The van der Waals surface area contributed by atoms with Gasteiger partial charge in [0.2, 0.25) is 0 Å².